The molecule has 0 radical (unpaired) electrons. The van der Waals surface area contributed by atoms with Crippen molar-refractivity contribution >= 4 is 33.7 Å². The molecular formula is C12H8BrF3O2S. The fourth-order valence-electron chi connectivity index (χ4n) is 1.66. The number of carbonyl (C=O) groups excluding carboxylic acids is 1. The van der Waals surface area contributed by atoms with Crippen LogP contribution in [0.25, 0.3) is 0 Å². The minimum Gasteiger partial charge on any atom is -0.449 e. The lowest BCUT2D eigenvalue weighted by Crippen LogP contribution is -2.06. The number of rotatable bonds is 2. The molecule has 19 heavy (non-hydrogen) atoms. The third-order valence-corrected chi connectivity index (χ3v) is 4.04. The van der Waals surface area contributed by atoms with Crippen LogP contribution in [0, 0.1) is 0 Å². The van der Waals surface area contributed by atoms with E-state index in [9.17, 15) is 18.0 Å². The van der Waals surface area contributed by atoms with Gasteiger partial charge in [0.1, 0.15) is 0 Å². The van der Waals surface area contributed by atoms with Gasteiger partial charge in [0.05, 0.1) is 0 Å². The number of carbonyl (C=O) groups is 1. The molecular weight excluding hydrogens is 345 g/mol. The lowest BCUT2D eigenvalue weighted by Gasteiger charge is -2.15. The minimum atomic E-state index is -4.45. The van der Waals surface area contributed by atoms with E-state index in [1.54, 1.807) is 24.3 Å². The SMILES string of the molecule is CC1=C(SC(F)(F)F)C(c2ccc(Br)cc2)OC1=O. The van der Waals surface area contributed by atoms with Crippen LogP contribution in [-0.2, 0) is 9.53 Å². The highest BCUT2D eigenvalue weighted by Gasteiger charge is 2.41. The number of halogens is 4. The van der Waals surface area contributed by atoms with Crippen molar-refractivity contribution < 1.29 is 22.7 Å². The maximum Gasteiger partial charge on any atom is 0.446 e. The molecule has 1 heterocycles. The number of benzene rings is 1. The first kappa shape index (κ1) is 14.5. The van der Waals surface area contributed by atoms with Crippen molar-refractivity contribution in [3.8, 4) is 0 Å². The molecule has 0 fully saturated rings. The van der Waals surface area contributed by atoms with Crippen LogP contribution in [-0.4, -0.2) is 11.5 Å². The third-order valence-electron chi connectivity index (χ3n) is 2.54. The Labute approximate surface area is 120 Å². The molecule has 0 saturated carbocycles. The topological polar surface area (TPSA) is 26.3 Å². The second kappa shape index (κ2) is 5.20. The molecule has 0 aromatic heterocycles. The second-order valence-electron chi connectivity index (χ2n) is 3.87. The predicted octanol–water partition coefficient (Wildman–Crippen LogP) is 4.57. The Hall–Kier alpha value is -0.950. The van der Waals surface area contributed by atoms with Gasteiger partial charge in [-0.3, -0.25) is 0 Å². The summed E-state index contributed by atoms with van der Waals surface area (Å²) in [5.41, 5.74) is -3.92. The van der Waals surface area contributed by atoms with Crippen LogP contribution >= 0.6 is 27.7 Å². The van der Waals surface area contributed by atoms with Crippen LogP contribution in [0.5, 0.6) is 0 Å². The number of alkyl halides is 3. The van der Waals surface area contributed by atoms with E-state index in [4.69, 9.17) is 4.74 Å². The molecule has 0 aliphatic carbocycles. The third kappa shape index (κ3) is 3.33. The molecule has 0 bridgehead atoms. The molecule has 1 aliphatic rings. The highest BCUT2D eigenvalue weighted by molar-refractivity contribution is 9.10. The van der Waals surface area contributed by atoms with Crippen molar-refractivity contribution in [3.63, 3.8) is 0 Å². The fourth-order valence-corrected chi connectivity index (χ4v) is 2.70. The van der Waals surface area contributed by atoms with Gasteiger partial charge in [0.2, 0.25) is 0 Å². The van der Waals surface area contributed by atoms with E-state index >= 15 is 0 Å². The zero-order valence-corrected chi connectivity index (χ0v) is 12.0. The molecule has 1 aliphatic heterocycles. The highest BCUT2D eigenvalue weighted by Crippen LogP contribution is 2.48. The van der Waals surface area contributed by atoms with Gasteiger partial charge < -0.3 is 4.74 Å². The first-order valence-corrected chi connectivity index (χ1v) is 6.82. The summed E-state index contributed by atoms with van der Waals surface area (Å²) in [4.78, 5) is 11.4. The molecule has 2 rings (SSSR count). The summed E-state index contributed by atoms with van der Waals surface area (Å²) in [5.74, 6) is -0.709. The van der Waals surface area contributed by atoms with Crippen LogP contribution in [0.1, 0.15) is 18.6 Å². The van der Waals surface area contributed by atoms with E-state index in [1.165, 1.54) is 6.92 Å². The van der Waals surface area contributed by atoms with Gasteiger partial charge in [-0.1, -0.05) is 28.1 Å². The van der Waals surface area contributed by atoms with Crippen molar-refractivity contribution in [1.29, 1.82) is 0 Å². The van der Waals surface area contributed by atoms with E-state index in [0.717, 1.165) is 4.47 Å². The molecule has 1 aromatic rings. The largest absolute Gasteiger partial charge is 0.449 e. The molecule has 0 spiro atoms. The first-order chi connectivity index (χ1) is 8.78. The lowest BCUT2D eigenvalue weighted by atomic mass is 10.1. The Morgan fingerprint density at radius 2 is 1.84 bits per heavy atom. The van der Waals surface area contributed by atoms with Gasteiger partial charge >= 0.3 is 11.5 Å². The summed E-state index contributed by atoms with van der Waals surface area (Å²) >= 11 is 2.94. The van der Waals surface area contributed by atoms with Gasteiger partial charge in [-0.2, -0.15) is 13.2 Å². The summed E-state index contributed by atoms with van der Waals surface area (Å²) in [6, 6.07) is 6.62. The maximum atomic E-state index is 12.5. The quantitative estimate of drug-likeness (QED) is 0.729. The molecule has 102 valence electrons. The van der Waals surface area contributed by atoms with Gasteiger partial charge in [0.15, 0.2) is 6.10 Å². The van der Waals surface area contributed by atoms with E-state index in [0.29, 0.717) is 5.56 Å². The zero-order valence-electron chi connectivity index (χ0n) is 9.62. The smallest absolute Gasteiger partial charge is 0.446 e. The zero-order chi connectivity index (χ0) is 14.2. The molecule has 1 unspecified atom stereocenters. The summed E-state index contributed by atoms with van der Waals surface area (Å²) in [6.45, 7) is 1.34. The summed E-state index contributed by atoms with van der Waals surface area (Å²) in [6.07, 6.45) is -0.979. The van der Waals surface area contributed by atoms with Crippen LogP contribution < -0.4 is 0 Å². The molecule has 0 amide bonds. The number of thioether (sulfide) groups is 1. The Morgan fingerprint density at radius 3 is 2.37 bits per heavy atom. The summed E-state index contributed by atoms with van der Waals surface area (Å²) in [5, 5.41) is 0. The normalized spacial score (nSPS) is 19.8. The molecule has 1 atom stereocenters. The minimum absolute atomic E-state index is 0.00948. The number of cyclic esters (lactones) is 1. The number of hydrogen-bond donors (Lipinski definition) is 0. The molecule has 0 N–H and O–H groups in total. The first-order valence-electron chi connectivity index (χ1n) is 5.21. The average molecular weight is 353 g/mol. The molecule has 0 saturated heterocycles. The van der Waals surface area contributed by atoms with Gasteiger partial charge in [-0.25, -0.2) is 4.79 Å². The average Bonchev–Trinajstić information content (AvgIpc) is 2.57. The summed E-state index contributed by atoms with van der Waals surface area (Å²) in [7, 11) is 0. The Kier molecular flexibility index (Phi) is 3.96. The second-order valence-corrected chi connectivity index (χ2v) is 5.90. The van der Waals surface area contributed by atoms with Crippen LogP contribution in [0.2, 0.25) is 0 Å². The van der Waals surface area contributed by atoms with Gasteiger partial charge in [0, 0.05) is 15.0 Å². The number of ether oxygens (including phenoxy) is 1. The Balaban J connectivity index is 2.35. The van der Waals surface area contributed by atoms with Crippen molar-refractivity contribution in [3.05, 3.63) is 44.8 Å². The Bertz CT molecular complexity index is 537. The highest BCUT2D eigenvalue weighted by atomic mass is 79.9. The van der Waals surface area contributed by atoms with E-state index in [-0.39, 0.29) is 22.2 Å². The van der Waals surface area contributed by atoms with Gasteiger partial charge in [-0.05, 0) is 36.4 Å². The van der Waals surface area contributed by atoms with E-state index in [2.05, 4.69) is 15.9 Å². The lowest BCUT2D eigenvalue weighted by molar-refractivity contribution is -0.139. The summed E-state index contributed by atoms with van der Waals surface area (Å²) < 4.78 is 43.4. The standard InChI is InChI=1S/C12H8BrF3O2S/c1-6-10(19-12(14,15)16)9(18-11(6)17)7-2-4-8(13)5-3-7/h2-5,9H,1H3. The van der Waals surface area contributed by atoms with Crippen molar-refractivity contribution in [2.45, 2.75) is 18.5 Å². The van der Waals surface area contributed by atoms with E-state index in [1.807, 2.05) is 0 Å². The van der Waals surface area contributed by atoms with Crippen molar-refractivity contribution in [2.24, 2.45) is 0 Å². The van der Waals surface area contributed by atoms with Gasteiger partial charge in [-0.15, -0.1) is 0 Å². The molecule has 7 heteroatoms. The fraction of sp³-hybridized carbons (Fsp3) is 0.250. The van der Waals surface area contributed by atoms with E-state index < -0.39 is 17.6 Å². The van der Waals surface area contributed by atoms with Crippen LogP contribution in [0.15, 0.2) is 39.2 Å². The monoisotopic (exact) mass is 352 g/mol. The molecule has 1 aromatic carbocycles. The van der Waals surface area contributed by atoms with Gasteiger partial charge in [0.25, 0.3) is 0 Å². The van der Waals surface area contributed by atoms with Crippen LogP contribution in [0.4, 0.5) is 13.2 Å². The van der Waals surface area contributed by atoms with Crippen molar-refractivity contribution in [2.75, 3.05) is 0 Å². The maximum absolute atomic E-state index is 12.5. The van der Waals surface area contributed by atoms with Crippen molar-refractivity contribution in [1.82, 2.24) is 0 Å². The van der Waals surface area contributed by atoms with Crippen LogP contribution in [0.3, 0.4) is 0 Å². The molecule has 2 nitrogen and oxygen atoms in total. The number of hydrogen-bond acceptors (Lipinski definition) is 3. The number of esters is 1. The predicted molar refractivity (Wildman–Crippen MR) is 69.3 cm³/mol. The Morgan fingerprint density at radius 1 is 1.26 bits per heavy atom.